The number of nitrogens with two attached hydrogens (primary N) is 1. The zero-order valence-corrected chi connectivity index (χ0v) is 13.7. The molecule has 3 N–H and O–H groups in total. The van der Waals surface area contributed by atoms with Crippen molar-refractivity contribution in [1.29, 1.82) is 0 Å². The van der Waals surface area contributed by atoms with Gasteiger partial charge in [0.2, 0.25) is 5.91 Å². The lowest BCUT2D eigenvalue weighted by molar-refractivity contribution is -0.123. The molecule has 0 unspecified atom stereocenters. The molecule has 0 radical (unpaired) electrons. The van der Waals surface area contributed by atoms with Crippen LogP contribution in [0.5, 0.6) is 0 Å². The van der Waals surface area contributed by atoms with Gasteiger partial charge < -0.3 is 11.1 Å². The number of unbranched alkanes of at least 4 members (excludes halogenated alkanes) is 1. The SMILES string of the molecule is CCC(CC)(CN)NC(=O)CCCCc1ccc(C)cc1. The second kappa shape index (κ2) is 8.83. The highest BCUT2D eigenvalue weighted by Crippen LogP contribution is 2.14. The van der Waals surface area contributed by atoms with Gasteiger partial charge in [-0.2, -0.15) is 0 Å². The van der Waals surface area contributed by atoms with Gasteiger partial charge in [-0.3, -0.25) is 4.79 Å². The summed E-state index contributed by atoms with van der Waals surface area (Å²) in [5.41, 5.74) is 8.23. The fourth-order valence-corrected chi connectivity index (χ4v) is 2.49. The van der Waals surface area contributed by atoms with E-state index in [9.17, 15) is 4.79 Å². The molecule has 0 spiro atoms. The quantitative estimate of drug-likeness (QED) is 0.685. The Labute approximate surface area is 129 Å². The van der Waals surface area contributed by atoms with Crippen LogP contribution in [0.25, 0.3) is 0 Å². The summed E-state index contributed by atoms with van der Waals surface area (Å²) in [6.45, 7) is 6.76. The van der Waals surface area contributed by atoms with E-state index in [2.05, 4.69) is 50.4 Å². The van der Waals surface area contributed by atoms with E-state index in [4.69, 9.17) is 5.73 Å². The summed E-state index contributed by atoms with van der Waals surface area (Å²) in [5, 5.41) is 3.12. The molecule has 0 aromatic heterocycles. The number of amides is 1. The van der Waals surface area contributed by atoms with Gasteiger partial charge in [-0.05, 0) is 44.6 Å². The van der Waals surface area contributed by atoms with Crippen LogP contribution in [0.1, 0.15) is 57.1 Å². The Morgan fingerprint density at radius 3 is 2.29 bits per heavy atom. The van der Waals surface area contributed by atoms with E-state index in [1.807, 2.05) is 0 Å². The molecular weight excluding hydrogens is 260 g/mol. The molecule has 0 atom stereocenters. The second-order valence-corrected chi connectivity index (χ2v) is 5.93. The molecule has 0 saturated carbocycles. The number of benzene rings is 1. The monoisotopic (exact) mass is 290 g/mol. The minimum Gasteiger partial charge on any atom is -0.349 e. The highest BCUT2D eigenvalue weighted by Gasteiger charge is 2.25. The first-order valence-corrected chi connectivity index (χ1v) is 8.12. The first-order valence-electron chi connectivity index (χ1n) is 8.12. The van der Waals surface area contributed by atoms with Crippen molar-refractivity contribution >= 4 is 5.91 Å². The molecule has 0 aliphatic rings. The molecule has 1 aromatic carbocycles. The van der Waals surface area contributed by atoms with Gasteiger partial charge in [0.05, 0.1) is 5.54 Å². The van der Waals surface area contributed by atoms with Gasteiger partial charge >= 0.3 is 0 Å². The second-order valence-electron chi connectivity index (χ2n) is 5.93. The highest BCUT2D eigenvalue weighted by molar-refractivity contribution is 5.76. The van der Waals surface area contributed by atoms with Crippen molar-refractivity contribution in [3.8, 4) is 0 Å². The number of carbonyl (C=O) groups excluding carboxylic acids is 1. The van der Waals surface area contributed by atoms with Gasteiger partial charge in [-0.15, -0.1) is 0 Å². The van der Waals surface area contributed by atoms with Crippen molar-refractivity contribution in [3.05, 3.63) is 35.4 Å². The summed E-state index contributed by atoms with van der Waals surface area (Å²) in [7, 11) is 0. The molecule has 1 aromatic rings. The zero-order valence-electron chi connectivity index (χ0n) is 13.7. The van der Waals surface area contributed by atoms with Crippen LogP contribution < -0.4 is 11.1 Å². The molecule has 0 fully saturated rings. The lowest BCUT2D eigenvalue weighted by Crippen LogP contribution is -2.52. The zero-order chi connectivity index (χ0) is 15.7. The van der Waals surface area contributed by atoms with Gasteiger partial charge in [-0.1, -0.05) is 43.7 Å². The summed E-state index contributed by atoms with van der Waals surface area (Å²) < 4.78 is 0. The molecule has 0 aliphatic carbocycles. The van der Waals surface area contributed by atoms with Crippen LogP contribution in [0.15, 0.2) is 24.3 Å². The number of aryl methyl sites for hydroxylation is 2. The largest absolute Gasteiger partial charge is 0.349 e. The molecule has 118 valence electrons. The van der Waals surface area contributed by atoms with E-state index >= 15 is 0 Å². The van der Waals surface area contributed by atoms with Crippen molar-refractivity contribution in [2.45, 2.75) is 64.8 Å². The maximum atomic E-state index is 12.0. The minimum absolute atomic E-state index is 0.132. The van der Waals surface area contributed by atoms with E-state index in [1.165, 1.54) is 11.1 Å². The molecular formula is C18H30N2O. The predicted octanol–water partition coefficient (Wildman–Crippen LogP) is 3.34. The fourth-order valence-electron chi connectivity index (χ4n) is 2.49. The lowest BCUT2D eigenvalue weighted by atomic mass is 9.92. The van der Waals surface area contributed by atoms with E-state index < -0.39 is 0 Å². The van der Waals surface area contributed by atoms with Crippen molar-refractivity contribution in [2.24, 2.45) is 5.73 Å². The number of carbonyl (C=O) groups is 1. The summed E-state index contributed by atoms with van der Waals surface area (Å²) in [4.78, 5) is 12.0. The van der Waals surface area contributed by atoms with Crippen molar-refractivity contribution < 1.29 is 4.79 Å². The minimum atomic E-state index is -0.214. The molecule has 0 bridgehead atoms. The third-order valence-corrected chi connectivity index (χ3v) is 4.39. The van der Waals surface area contributed by atoms with Crippen LogP contribution in [0.3, 0.4) is 0 Å². The molecule has 1 amide bonds. The third-order valence-electron chi connectivity index (χ3n) is 4.39. The molecule has 21 heavy (non-hydrogen) atoms. The topological polar surface area (TPSA) is 55.1 Å². The first-order chi connectivity index (χ1) is 10.0. The lowest BCUT2D eigenvalue weighted by Gasteiger charge is -2.31. The van der Waals surface area contributed by atoms with E-state index in [1.54, 1.807) is 0 Å². The van der Waals surface area contributed by atoms with Crippen molar-refractivity contribution in [1.82, 2.24) is 5.32 Å². The Balaban J connectivity index is 2.28. The van der Waals surface area contributed by atoms with Crippen LogP contribution in [-0.4, -0.2) is 18.0 Å². The van der Waals surface area contributed by atoms with E-state index in [-0.39, 0.29) is 11.4 Å². The van der Waals surface area contributed by atoms with Gasteiger partial charge in [0.1, 0.15) is 0 Å². The average molecular weight is 290 g/mol. The van der Waals surface area contributed by atoms with Gasteiger partial charge in [0, 0.05) is 13.0 Å². The van der Waals surface area contributed by atoms with Crippen molar-refractivity contribution in [3.63, 3.8) is 0 Å². The molecule has 0 saturated heterocycles. The Kier molecular flexibility index (Phi) is 7.44. The first kappa shape index (κ1) is 17.7. The molecule has 3 heteroatoms. The normalized spacial score (nSPS) is 11.4. The molecule has 0 heterocycles. The maximum Gasteiger partial charge on any atom is 0.220 e. The number of rotatable bonds is 9. The van der Waals surface area contributed by atoms with Crippen molar-refractivity contribution in [2.75, 3.05) is 6.54 Å². The van der Waals surface area contributed by atoms with Gasteiger partial charge in [0.25, 0.3) is 0 Å². The standard InChI is InChI=1S/C18H30N2O/c1-4-18(5-2,14-19)20-17(21)9-7-6-8-16-12-10-15(3)11-13-16/h10-13H,4-9,14,19H2,1-3H3,(H,20,21). The van der Waals surface area contributed by atoms with Crippen LogP contribution in [0.2, 0.25) is 0 Å². The Morgan fingerprint density at radius 2 is 1.76 bits per heavy atom. The van der Waals surface area contributed by atoms with E-state index in [0.29, 0.717) is 13.0 Å². The molecule has 0 aliphatic heterocycles. The summed E-state index contributed by atoms with van der Waals surface area (Å²) in [6.07, 6.45) is 5.37. The smallest absolute Gasteiger partial charge is 0.220 e. The van der Waals surface area contributed by atoms with Crippen LogP contribution in [0.4, 0.5) is 0 Å². The predicted molar refractivity (Wildman–Crippen MR) is 89.2 cm³/mol. The van der Waals surface area contributed by atoms with Crippen LogP contribution in [-0.2, 0) is 11.2 Å². The molecule has 3 nitrogen and oxygen atoms in total. The van der Waals surface area contributed by atoms with Crippen LogP contribution in [0, 0.1) is 6.92 Å². The average Bonchev–Trinajstić information content (AvgIpc) is 2.51. The number of hydrogen-bond donors (Lipinski definition) is 2. The van der Waals surface area contributed by atoms with Gasteiger partial charge in [0.15, 0.2) is 0 Å². The summed E-state index contributed by atoms with van der Waals surface area (Å²) in [5.74, 6) is 0.132. The maximum absolute atomic E-state index is 12.0. The summed E-state index contributed by atoms with van der Waals surface area (Å²) in [6, 6.07) is 8.62. The number of hydrogen-bond acceptors (Lipinski definition) is 2. The Bertz CT molecular complexity index is 413. The summed E-state index contributed by atoms with van der Waals surface area (Å²) >= 11 is 0. The van der Waals surface area contributed by atoms with Crippen LogP contribution >= 0.6 is 0 Å². The Hall–Kier alpha value is -1.35. The van der Waals surface area contributed by atoms with E-state index in [0.717, 1.165) is 32.1 Å². The number of nitrogens with one attached hydrogen (secondary N) is 1. The Morgan fingerprint density at radius 1 is 1.14 bits per heavy atom. The molecule has 1 rings (SSSR count). The highest BCUT2D eigenvalue weighted by atomic mass is 16.1. The third kappa shape index (κ3) is 5.88. The fraction of sp³-hybridized carbons (Fsp3) is 0.611. The van der Waals surface area contributed by atoms with Gasteiger partial charge in [-0.25, -0.2) is 0 Å².